The van der Waals surface area contributed by atoms with E-state index in [1.807, 2.05) is 0 Å². The monoisotopic (exact) mass is 290 g/mol. The zero-order valence-corrected chi connectivity index (χ0v) is 13.1. The third-order valence-corrected chi connectivity index (χ3v) is 4.76. The first kappa shape index (κ1) is 13.9. The van der Waals surface area contributed by atoms with Crippen molar-refractivity contribution < 1.29 is 0 Å². The fraction of sp³-hybridized carbons (Fsp3) is 0.600. The zero-order valence-electron chi connectivity index (χ0n) is 12.2. The molecule has 1 fully saturated rings. The summed E-state index contributed by atoms with van der Waals surface area (Å²) in [4.78, 5) is 5.03. The lowest BCUT2D eigenvalue weighted by Gasteiger charge is -2.27. The van der Waals surface area contributed by atoms with E-state index in [0.717, 1.165) is 30.2 Å². The molecule has 0 saturated carbocycles. The lowest BCUT2D eigenvalue weighted by molar-refractivity contribution is 0.195. The molecule has 5 heteroatoms. The van der Waals surface area contributed by atoms with Crippen LogP contribution in [0.25, 0.3) is 11.0 Å². The maximum Gasteiger partial charge on any atom is 0.105 e. The molecule has 1 atom stereocenters. The second-order valence-electron chi connectivity index (χ2n) is 5.71. The molecule has 0 bridgehead atoms. The van der Waals surface area contributed by atoms with Crippen LogP contribution >= 0.6 is 11.7 Å². The van der Waals surface area contributed by atoms with Gasteiger partial charge in [0.25, 0.3) is 0 Å². The van der Waals surface area contributed by atoms with E-state index in [0.29, 0.717) is 0 Å². The Hall–Kier alpha value is -1.04. The normalized spacial score (nSPS) is 20.2. The fourth-order valence-corrected chi connectivity index (χ4v) is 3.70. The van der Waals surface area contributed by atoms with Crippen LogP contribution in [0.3, 0.4) is 0 Å². The number of hydrogen-bond acceptors (Lipinski definition) is 5. The van der Waals surface area contributed by atoms with Gasteiger partial charge in [-0.05, 0) is 50.7 Å². The number of hydrogen-bond donors (Lipinski definition) is 0. The molecule has 4 nitrogen and oxygen atoms in total. The van der Waals surface area contributed by atoms with E-state index in [1.165, 1.54) is 43.2 Å². The average Bonchev–Trinajstić information content (AvgIpc) is 3.06. The Morgan fingerprint density at radius 2 is 2.20 bits per heavy atom. The van der Waals surface area contributed by atoms with Crippen molar-refractivity contribution in [2.24, 2.45) is 0 Å². The molecule has 2 heterocycles. The van der Waals surface area contributed by atoms with Crippen molar-refractivity contribution in [3.05, 3.63) is 23.8 Å². The Morgan fingerprint density at radius 1 is 1.35 bits per heavy atom. The Kier molecular flexibility index (Phi) is 4.29. The predicted octanol–water partition coefficient (Wildman–Crippen LogP) is 2.61. The molecule has 0 N–H and O–H groups in total. The number of fused-ring (bicyclic) bond motifs is 1. The van der Waals surface area contributed by atoms with E-state index in [1.54, 1.807) is 0 Å². The van der Waals surface area contributed by atoms with Crippen LogP contribution in [0, 0.1) is 0 Å². The van der Waals surface area contributed by atoms with Crippen LogP contribution in [0.5, 0.6) is 0 Å². The minimum absolute atomic E-state index is 0.731. The van der Waals surface area contributed by atoms with Gasteiger partial charge in [0.15, 0.2) is 0 Å². The van der Waals surface area contributed by atoms with Gasteiger partial charge in [-0.25, -0.2) is 0 Å². The Labute approximate surface area is 124 Å². The molecule has 0 radical (unpaired) electrons. The van der Waals surface area contributed by atoms with Crippen molar-refractivity contribution in [3.63, 3.8) is 0 Å². The lowest BCUT2D eigenvalue weighted by atomic mass is 10.1. The van der Waals surface area contributed by atoms with Gasteiger partial charge in [-0.1, -0.05) is 13.0 Å². The van der Waals surface area contributed by atoms with E-state index in [9.17, 15) is 0 Å². The third kappa shape index (κ3) is 3.00. The summed E-state index contributed by atoms with van der Waals surface area (Å²) in [6, 6.07) is 7.15. The average molecular weight is 290 g/mol. The fourth-order valence-electron chi connectivity index (χ4n) is 3.18. The predicted molar refractivity (Wildman–Crippen MR) is 84.0 cm³/mol. The van der Waals surface area contributed by atoms with Gasteiger partial charge < -0.3 is 4.90 Å². The number of aromatic nitrogens is 2. The third-order valence-electron chi connectivity index (χ3n) is 4.20. The van der Waals surface area contributed by atoms with Crippen LogP contribution in [-0.4, -0.2) is 51.3 Å². The molecule has 1 aromatic heterocycles. The number of nitrogens with zero attached hydrogens (tertiary/aromatic N) is 4. The SMILES string of the molecule is CCN1CCC[C@H]1CN(C)Cc1ccc2nsnc2c1. The molecule has 0 spiro atoms. The largest absolute Gasteiger partial charge is 0.301 e. The number of likely N-dealkylation sites (tertiary alicyclic amines) is 1. The highest BCUT2D eigenvalue weighted by Gasteiger charge is 2.23. The molecule has 3 rings (SSSR count). The Balaban J connectivity index is 1.61. The first-order valence-electron chi connectivity index (χ1n) is 7.40. The van der Waals surface area contributed by atoms with Crippen LogP contribution in [0.2, 0.25) is 0 Å². The highest BCUT2D eigenvalue weighted by atomic mass is 32.1. The number of rotatable bonds is 5. The molecule has 1 aromatic carbocycles. The van der Waals surface area contributed by atoms with E-state index < -0.39 is 0 Å². The first-order valence-corrected chi connectivity index (χ1v) is 8.13. The van der Waals surface area contributed by atoms with Gasteiger partial charge in [-0.3, -0.25) is 4.90 Å². The Bertz CT molecular complexity index is 568. The van der Waals surface area contributed by atoms with Crippen molar-refractivity contribution in [1.82, 2.24) is 18.5 Å². The van der Waals surface area contributed by atoms with Gasteiger partial charge in [0.2, 0.25) is 0 Å². The van der Waals surface area contributed by atoms with Crippen molar-refractivity contribution in [1.29, 1.82) is 0 Å². The van der Waals surface area contributed by atoms with Gasteiger partial charge in [0.1, 0.15) is 11.0 Å². The summed E-state index contributed by atoms with van der Waals surface area (Å²) in [5, 5.41) is 0. The highest BCUT2D eigenvalue weighted by molar-refractivity contribution is 7.00. The van der Waals surface area contributed by atoms with Gasteiger partial charge in [0.05, 0.1) is 11.7 Å². The highest BCUT2D eigenvalue weighted by Crippen LogP contribution is 2.19. The molecule has 1 aliphatic heterocycles. The van der Waals surface area contributed by atoms with E-state index >= 15 is 0 Å². The van der Waals surface area contributed by atoms with Crippen molar-refractivity contribution >= 4 is 22.8 Å². The number of likely N-dealkylation sites (N-methyl/N-ethyl adjacent to an activating group) is 2. The molecule has 0 amide bonds. The quantitative estimate of drug-likeness (QED) is 0.847. The van der Waals surface area contributed by atoms with Crippen molar-refractivity contribution in [3.8, 4) is 0 Å². The summed E-state index contributed by atoms with van der Waals surface area (Å²) >= 11 is 1.29. The second kappa shape index (κ2) is 6.16. The summed E-state index contributed by atoms with van der Waals surface area (Å²) in [6.45, 7) is 6.85. The standard InChI is InChI=1S/C15H22N4S/c1-3-19-8-4-5-13(19)11-18(2)10-12-6-7-14-15(9-12)17-20-16-14/h6-7,9,13H,3-5,8,10-11H2,1-2H3/t13-/m0/s1. The Morgan fingerprint density at radius 3 is 3.05 bits per heavy atom. The van der Waals surface area contributed by atoms with E-state index in [2.05, 4.69) is 50.7 Å². The first-order chi connectivity index (χ1) is 9.76. The topological polar surface area (TPSA) is 32.3 Å². The van der Waals surface area contributed by atoms with Crippen LogP contribution in [0.15, 0.2) is 18.2 Å². The van der Waals surface area contributed by atoms with Crippen molar-refractivity contribution in [2.45, 2.75) is 32.4 Å². The number of benzene rings is 1. The van der Waals surface area contributed by atoms with E-state index in [-0.39, 0.29) is 0 Å². The van der Waals surface area contributed by atoms with Crippen LogP contribution in [0.1, 0.15) is 25.3 Å². The molecule has 108 valence electrons. The molecule has 20 heavy (non-hydrogen) atoms. The van der Waals surface area contributed by atoms with Crippen LogP contribution in [-0.2, 0) is 6.54 Å². The second-order valence-corrected chi connectivity index (χ2v) is 6.24. The summed E-state index contributed by atoms with van der Waals surface area (Å²) in [7, 11) is 2.22. The van der Waals surface area contributed by atoms with Crippen LogP contribution < -0.4 is 0 Å². The zero-order chi connectivity index (χ0) is 13.9. The van der Waals surface area contributed by atoms with Gasteiger partial charge >= 0.3 is 0 Å². The van der Waals surface area contributed by atoms with Gasteiger partial charge in [0, 0.05) is 19.1 Å². The summed E-state index contributed by atoms with van der Waals surface area (Å²) < 4.78 is 8.57. The van der Waals surface area contributed by atoms with Crippen LogP contribution in [0.4, 0.5) is 0 Å². The summed E-state index contributed by atoms with van der Waals surface area (Å²) in [6.07, 6.45) is 2.69. The molecule has 0 unspecified atom stereocenters. The van der Waals surface area contributed by atoms with Gasteiger partial charge in [-0.15, -0.1) is 0 Å². The van der Waals surface area contributed by atoms with Crippen molar-refractivity contribution in [2.75, 3.05) is 26.7 Å². The maximum absolute atomic E-state index is 4.32. The lowest BCUT2D eigenvalue weighted by Crippen LogP contribution is -2.38. The molecule has 2 aromatic rings. The minimum atomic E-state index is 0.731. The summed E-state index contributed by atoms with van der Waals surface area (Å²) in [5.74, 6) is 0. The molecular formula is C15H22N4S. The molecule has 1 saturated heterocycles. The van der Waals surface area contributed by atoms with E-state index in [4.69, 9.17) is 0 Å². The molecule has 1 aliphatic rings. The minimum Gasteiger partial charge on any atom is -0.301 e. The van der Waals surface area contributed by atoms with Gasteiger partial charge in [-0.2, -0.15) is 8.75 Å². The smallest absolute Gasteiger partial charge is 0.105 e. The maximum atomic E-state index is 4.32. The summed E-state index contributed by atoms with van der Waals surface area (Å²) in [5.41, 5.74) is 3.36. The molecular weight excluding hydrogens is 268 g/mol. The molecule has 0 aliphatic carbocycles.